The van der Waals surface area contributed by atoms with Gasteiger partial charge in [-0.1, -0.05) is 0 Å². The summed E-state index contributed by atoms with van der Waals surface area (Å²) in [7, 11) is 1.76. The summed E-state index contributed by atoms with van der Waals surface area (Å²) in [5.74, 6) is 1.34. The highest BCUT2D eigenvalue weighted by Gasteiger charge is 2.44. The number of fused-ring (bicyclic) bond motifs is 1. The smallest absolute Gasteiger partial charge is 0.269 e. The highest BCUT2D eigenvalue weighted by atomic mass is 16.5. The maximum Gasteiger partial charge on any atom is 0.269 e. The minimum atomic E-state index is -0.0975. The molecule has 8 heteroatoms. The van der Waals surface area contributed by atoms with Gasteiger partial charge in [0.15, 0.2) is 0 Å². The van der Waals surface area contributed by atoms with Crippen LogP contribution in [0.25, 0.3) is 0 Å². The van der Waals surface area contributed by atoms with E-state index in [1.54, 1.807) is 36.4 Å². The molecule has 2 aliphatic rings. The summed E-state index contributed by atoms with van der Waals surface area (Å²) in [5.41, 5.74) is 0.566. The Kier molecular flexibility index (Phi) is 3.89. The molecule has 24 heavy (non-hydrogen) atoms. The first-order chi connectivity index (χ1) is 11.7. The van der Waals surface area contributed by atoms with Crippen molar-refractivity contribution in [1.29, 1.82) is 0 Å². The van der Waals surface area contributed by atoms with Gasteiger partial charge in [0.2, 0.25) is 5.95 Å². The SMILES string of the molecule is Cn1nccc1C(=O)NC[C@@H]1CO[C@@H]2CN(c3ncccn3)C[C@H]12. The molecule has 0 spiro atoms. The van der Waals surface area contributed by atoms with E-state index in [2.05, 4.69) is 25.3 Å². The molecule has 0 aliphatic carbocycles. The maximum atomic E-state index is 12.2. The molecule has 2 aromatic rings. The second-order valence-corrected chi connectivity index (χ2v) is 6.30. The van der Waals surface area contributed by atoms with E-state index in [0.717, 1.165) is 19.0 Å². The van der Waals surface area contributed by atoms with E-state index in [1.165, 1.54) is 0 Å². The van der Waals surface area contributed by atoms with E-state index < -0.39 is 0 Å². The van der Waals surface area contributed by atoms with Crippen molar-refractivity contribution >= 4 is 11.9 Å². The molecule has 0 saturated carbocycles. The van der Waals surface area contributed by atoms with Gasteiger partial charge in [-0.25, -0.2) is 9.97 Å². The number of amides is 1. The second-order valence-electron chi connectivity index (χ2n) is 6.30. The van der Waals surface area contributed by atoms with Crippen molar-refractivity contribution in [2.24, 2.45) is 18.9 Å². The minimum absolute atomic E-state index is 0.0975. The Balaban J connectivity index is 1.36. The van der Waals surface area contributed by atoms with Crippen LogP contribution >= 0.6 is 0 Å². The first-order valence-corrected chi connectivity index (χ1v) is 8.12. The molecule has 2 fully saturated rings. The lowest BCUT2D eigenvalue weighted by molar-refractivity contribution is 0.0930. The van der Waals surface area contributed by atoms with Crippen molar-refractivity contribution in [1.82, 2.24) is 25.1 Å². The summed E-state index contributed by atoms with van der Waals surface area (Å²) in [6.07, 6.45) is 5.32. The van der Waals surface area contributed by atoms with E-state index >= 15 is 0 Å². The number of aromatic nitrogens is 4. The first-order valence-electron chi connectivity index (χ1n) is 8.12. The van der Waals surface area contributed by atoms with Gasteiger partial charge in [-0.2, -0.15) is 5.10 Å². The minimum Gasteiger partial charge on any atom is -0.376 e. The Morgan fingerprint density at radius 3 is 2.92 bits per heavy atom. The van der Waals surface area contributed by atoms with Crippen LogP contribution < -0.4 is 10.2 Å². The summed E-state index contributed by atoms with van der Waals surface area (Å²) in [6.45, 7) is 2.96. The molecule has 0 bridgehead atoms. The Labute approximate surface area is 139 Å². The van der Waals surface area contributed by atoms with Crippen LogP contribution in [-0.4, -0.2) is 58.0 Å². The average molecular weight is 328 g/mol. The van der Waals surface area contributed by atoms with E-state index in [1.807, 2.05) is 6.07 Å². The molecule has 126 valence electrons. The standard InChI is InChI=1S/C16H20N6O2/c1-21-13(3-6-20-21)15(23)19-7-11-10-24-14-9-22(8-12(11)14)16-17-4-2-5-18-16/h2-6,11-12,14H,7-10H2,1H3,(H,19,23)/t11-,12-,14-/m1/s1. The Morgan fingerprint density at radius 1 is 1.33 bits per heavy atom. The van der Waals surface area contributed by atoms with Crippen LogP contribution in [0.2, 0.25) is 0 Å². The van der Waals surface area contributed by atoms with Crippen molar-refractivity contribution in [3.8, 4) is 0 Å². The molecule has 4 heterocycles. The van der Waals surface area contributed by atoms with Gasteiger partial charge in [-0.15, -0.1) is 0 Å². The van der Waals surface area contributed by atoms with Crippen LogP contribution in [0.5, 0.6) is 0 Å². The first kappa shape index (κ1) is 15.1. The number of ether oxygens (including phenoxy) is 1. The number of carbonyl (C=O) groups excluding carboxylic acids is 1. The molecule has 2 aliphatic heterocycles. The summed E-state index contributed by atoms with van der Waals surface area (Å²) in [5, 5.41) is 7.03. The van der Waals surface area contributed by atoms with Gasteiger partial charge in [0.25, 0.3) is 5.91 Å². The van der Waals surface area contributed by atoms with Crippen molar-refractivity contribution < 1.29 is 9.53 Å². The fourth-order valence-electron chi connectivity index (χ4n) is 3.54. The molecule has 0 radical (unpaired) electrons. The highest BCUT2D eigenvalue weighted by molar-refractivity contribution is 5.92. The van der Waals surface area contributed by atoms with Gasteiger partial charge < -0.3 is 15.0 Å². The molecule has 1 N–H and O–H groups in total. The quantitative estimate of drug-likeness (QED) is 0.856. The van der Waals surface area contributed by atoms with Crippen LogP contribution in [0.15, 0.2) is 30.7 Å². The number of nitrogens with zero attached hydrogens (tertiary/aromatic N) is 5. The Hall–Kier alpha value is -2.48. The van der Waals surface area contributed by atoms with Gasteiger partial charge in [0, 0.05) is 57.1 Å². The zero-order valence-electron chi connectivity index (χ0n) is 13.5. The number of hydrogen-bond acceptors (Lipinski definition) is 6. The number of anilines is 1. The predicted molar refractivity (Wildman–Crippen MR) is 86.5 cm³/mol. The fraction of sp³-hybridized carbons (Fsp3) is 0.500. The van der Waals surface area contributed by atoms with Crippen molar-refractivity contribution in [3.05, 3.63) is 36.4 Å². The summed E-state index contributed by atoms with van der Waals surface area (Å²) in [6, 6.07) is 3.53. The molecule has 2 saturated heterocycles. The van der Waals surface area contributed by atoms with E-state index in [-0.39, 0.29) is 12.0 Å². The molecular weight excluding hydrogens is 308 g/mol. The fourth-order valence-corrected chi connectivity index (χ4v) is 3.54. The van der Waals surface area contributed by atoms with Crippen molar-refractivity contribution in [3.63, 3.8) is 0 Å². The van der Waals surface area contributed by atoms with E-state index in [4.69, 9.17) is 4.74 Å². The summed E-state index contributed by atoms with van der Waals surface area (Å²) < 4.78 is 7.50. The Morgan fingerprint density at radius 2 is 2.17 bits per heavy atom. The van der Waals surface area contributed by atoms with Crippen LogP contribution in [0.3, 0.4) is 0 Å². The van der Waals surface area contributed by atoms with Crippen molar-refractivity contribution in [2.75, 3.05) is 31.1 Å². The van der Waals surface area contributed by atoms with Crippen molar-refractivity contribution in [2.45, 2.75) is 6.10 Å². The topological polar surface area (TPSA) is 85.2 Å². The molecule has 4 rings (SSSR count). The third-order valence-corrected chi connectivity index (χ3v) is 4.85. The average Bonchev–Trinajstić information content (AvgIpc) is 3.29. The Bertz CT molecular complexity index is 718. The number of carbonyl (C=O) groups is 1. The number of aryl methyl sites for hydroxylation is 1. The number of rotatable bonds is 4. The maximum absolute atomic E-state index is 12.2. The molecule has 8 nitrogen and oxygen atoms in total. The van der Waals surface area contributed by atoms with Crippen LogP contribution in [-0.2, 0) is 11.8 Å². The highest BCUT2D eigenvalue weighted by Crippen LogP contribution is 2.34. The van der Waals surface area contributed by atoms with Gasteiger partial charge in [-0.3, -0.25) is 9.48 Å². The third kappa shape index (κ3) is 2.73. The van der Waals surface area contributed by atoms with Gasteiger partial charge >= 0.3 is 0 Å². The molecule has 0 aromatic carbocycles. The molecule has 0 unspecified atom stereocenters. The largest absolute Gasteiger partial charge is 0.376 e. The number of hydrogen-bond donors (Lipinski definition) is 1. The molecular formula is C16H20N6O2. The zero-order chi connectivity index (χ0) is 16.5. The molecule has 3 atom stereocenters. The lowest BCUT2D eigenvalue weighted by Crippen LogP contribution is -2.35. The lowest BCUT2D eigenvalue weighted by Gasteiger charge is -2.19. The van der Waals surface area contributed by atoms with Crippen LogP contribution in [0.1, 0.15) is 10.5 Å². The number of nitrogens with one attached hydrogen (secondary N) is 1. The van der Waals surface area contributed by atoms with Crippen LogP contribution in [0, 0.1) is 11.8 Å². The van der Waals surface area contributed by atoms with Gasteiger partial charge in [0.05, 0.1) is 12.7 Å². The third-order valence-electron chi connectivity index (χ3n) is 4.85. The summed E-state index contributed by atoms with van der Waals surface area (Å²) >= 11 is 0. The second kappa shape index (κ2) is 6.20. The zero-order valence-corrected chi connectivity index (χ0v) is 13.5. The van der Waals surface area contributed by atoms with E-state index in [0.29, 0.717) is 30.7 Å². The van der Waals surface area contributed by atoms with Gasteiger partial charge in [0.1, 0.15) is 5.69 Å². The molecule has 1 amide bonds. The lowest BCUT2D eigenvalue weighted by atomic mass is 9.93. The normalized spacial score (nSPS) is 25.7. The molecule has 2 aromatic heterocycles. The monoisotopic (exact) mass is 328 g/mol. The van der Waals surface area contributed by atoms with Gasteiger partial charge in [-0.05, 0) is 12.1 Å². The predicted octanol–water partition coefficient (Wildman–Crippen LogP) is 0.0913. The van der Waals surface area contributed by atoms with E-state index in [9.17, 15) is 4.79 Å². The summed E-state index contributed by atoms with van der Waals surface area (Å²) in [4.78, 5) is 23.0. The van der Waals surface area contributed by atoms with Crippen LogP contribution in [0.4, 0.5) is 5.95 Å².